The maximum atomic E-state index is 12.1. The van der Waals surface area contributed by atoms with Crippen LogP contribution in [0.1, 0.15) is 59.8 Å². The zero-order valence-electron chi connectivity index (χ0n) is 17.1. The van der Waals surface area contributed by atoms with Crippen molar-refractivity contribution in [3.05, 3.63) is 24.8 Å². The molecular weight excluding hydrogens is 324 g/mol. The minimum Gasteiger partial charge on any atom is -0.461 e. The van der Waals surface area contributed by atoms with Gasteiger partial charge in [0.1, 0.15) is 6.10 Å². The monoisotopic (exact) mass is 362 g/mol. The van der Waals surface area contributed by atoms with Crippen LogP contribution in [0.2, 0.25) is 0 Å². The second-order valence-corrected chi connectivity index (χ2v) is 9.07. The number of carbonyl (C=O) groups excluding carboxylic acids is 1. The number of ether oxygens (including phenoxy) is 1. The van der Waals surface area contributed by atoms with Gasteiger partial charge in [0.05, 0.1) is 6.54 Å². The molecule has 26 heavy (non-hydrogen) atoms. The summed E-state index contributed by atoms with van der Waals surface area (Å²) in [6, 6.07) is 0. The van der Waals surface area contributed by atoms with E-state index in [0.717, 1.165) is 37.7 Å². The Morgan fingerprint density at radius 3 is 2.65 bits per heavy atom. The van der Waals surface area contributed by atoms with Crippen LogP contribution in [0.25, 0.3) is 0 Å². The molecule has 2 saturated carbocycles. The molecule has 2 aliphatic rings. The molecule has 2 fully saturated rings. The number of allylic oxidation sites excluding steroid dienone is 1. The molecule has 0 amide bonds. The summed E-state index contributed by atoms with van der Waals surface area (Å²) in [5, 5.41) is 0. The summed E-state index contributed by atoms with van der Waals surface area (Å²) in [5.74, 6) is 0.844. The highest BCUT2D eigenvalue weighted by Crippen LogP contribution is 2.55. The first-order chi connectivity index (χ1) is 12.1. The summed E-state index contributed by atoms with van der Waals surface area (Å²) in [4.78, 5) is 12.1. The van der Waals surface area contributed by atoms with E-state index in [9.17, 15) is 4.79 Å². The number of esters is 1. The molecule has 148 valence electrons. The second-order valence-electron chi connectivity index (χ2n) is 9.07. The van der Waals surface area contributed by atoms with E-state index in [-0.39, 0.29) is 30.0 Å². The van der Waals surface area contributed by atoms with Crippen molar-refractivity contribution in [2.75, 3.05) is 6.54 Å². The molecule has 0 bridgehead atoms. The van der Waals surface area contributed by atoms with Gasteiger partial charge in [-0.05, 0) is 48.9 Å². The van der Waals surface area contributed by atoms with E-state index in [0.29, 0.717) is 17.8 Å². The molecule has 0 heterocycles. The van der Waals surface area contributed by atoms with Gasteiger partial charge in [-0.2, -0.15) is 0 Å². The van der Waals surface area contributed by atoms with E-state index in [4.69, 9.17) is 16.2 Å². The van der Waals surface area contributed by atoms with Gasteiger partial charge >= 0.3 is 5.97 Å². The van der Waals surface area contributed by atoms with E-state index >= 15 is 0 Å². The Morgan fingerprint density at radius 2 is 2.12 bits per heavy atom. The third kappa shape index (κ3) is 3.63. The highest BCUT2D eigenvalue weighted by molar-refractivity contribution is 5.71. The van der Waals surface area contributed by atoms with Gasteiger partial charge in [-0.3, -0.25) is 4.79 Å². The quantitative estimate of drug-likeness (QED) is 0.576. The van der Waals surface area contributed by atoms with Crippen molar-refractivity contribution >= 4 is 5.97 Å². The van der Waals surface area contributed by atoms with Gasteiger partial charge in [-0.1, -0.05) is 52.3 Å². The Morgan fingerprint density at radius 1 is 1.46 bits per heavy atom. The maximum absolute atomic E-state index is 12.1. The van der Waals surface area contributed by atoms with Crippen LogP contribution in [-0.4, -0.2) is 24.2 Å². The maximum Gasteiger partial charge on any atom is 0.319 e. The van der Waals surface area contributed by atoms with Crippen LogP contribution in [0, 0.1) is 29.1 Å². The van der Waals surface area contributed by atoms with E-state index in [2.05, 4.69) is 40.9 Å². The summed E-state index contributed by atoms with van der Waals surface area (Å²) < 4.78 is 5.93. The predicted molar refractivity (Wildman–Crippen MR) is 107 cm³/mol. The smallest absolute Gasteiger partial charge is 0.319 e. The molecule has 4 nitrogen and oxygen atoms in total. The molecule has 0 aromatic carbocycles. The highest BCUT2D eigenvalue weighted by Gasteiger charge is 2.57. The summed E-state index contributed by atoms with van der Waals surface area (Å²) in [6.07, 6.45) is 6.51. The fourth-order valence-corrected chi connectivity index (χ4v) is 5.73. The summed E-state index contributed by atoms with van der Waals surface area (Å²) >= 11 is 0. The van der Waals surface area contributed by atoms with Crippen molar-refractivity contribution in [1.82, 2.24) is 0 Å². The van der Waals surface area contributed by atoms with Crippen LogP contribution in [0.3, 0.4) is 0 Å². The van der Waals surface area contributed by atoms with E-state index in [1.54, 1.807) is 0 Å². The summed E-state index contributed by atoms with van der Waals surface area (Å²) in [6.45, 7) is 17.3. The van der Waals surface area contributed by atoms with Gasteiger partial charge in [0.25, 0.3) is 0 Å². The largest absolute Gasteiger partial charge is 0.461 e. The van der Waals surface area contributed by atoms with Crippen molar-refractivity contribution in [2.24, 2.45) is 40.6 Å². The number of nitrogens with two attached hydrogens (primary N) is 2. The predicted octanol–water partition coefficient (Wildman–Crippen LogP) is 3.81. The number of hydrogen-bond acceptors (Lipinski definition) is 4. The highest BCUT2D eigenvalue weighted by atomic mass is 16.5. The van der Waals surface area contributed by atoms with Crippen LogP contribution >= 0.6 is 0 Å². The van der Waals surface area contributed by atoms with Crippen molar-refractivity contribution in [1.29, 1.82) is 0 Å². The first-order valence-corrected chi connectivity index (χ1v) is 10.1. The fraction of sp³-hybridized carbons (Fsp3) is 0.773. The lowest BCUT2D eigenvalue weighted by Crippen LogP contribution is -2.61. The molecule has 0 aromatic heterocycles. The SMILES string of the molecule is C=C[C@@]1(C)C[C@H](C)C2CCC(=C)[C@@]2(N)C(C(C)CC)[C@H](OC(=O)CN)C1. The minimum atomic E-state index is -0.489. The normalized spacial score (nSPS) is 41.7. The number of carbonyl (C=O) groups is 1. The zero-order valence-corrected chi connectivity index (χ0v) is 17.1. The molecule has 0 aliphatic heterocycles. The lowest BCUT2D eigenvalue weighted by atomic mass is 9.57. The van der Waals surface area contributed by atoms with Crippen LogP contribution in [-0.2, 0) is 9.53 Å². The Balaban J connectivity index is 2.58. The lowest BCUT2D eigenvalue weighted by Gasteiger charge is -2.52. The van der Waals surface area contributed by atoms with Crippen LogP contribution < -0.4 is 11.5 Å². The third-order valence-corrected chi connectivity index (χ3v) is 7.28. The number of rotatable bonds is 5. The molecule has 4 heteroatoms. The van der Waals surface area contributed by atoms with E-state index in [1.165, 1.54) is 0 Å². The topological polar surface area (TPSA) is 78.3 Å². The molecular formula is C22H38N2O2. The first kappa shape index (κ1) is 21.2. The van der Waals surface area contributed by atoms with Gasteiger partial charge < -0.3 is 16.2 Å². The molecule has 0 radical (unpaired) electrons. The average Bonchev–Trinajstić information content (AvgIpc) is 2.89. The van der Waals surface area contributed by atoms with Crippen molar-refractivity contribution < 1.29 is 9.53 Å². The average molecular weight is 363 g/mol. The van der Waals surface area contributed by atoms with Gasteiger partial charge in [0, 0.05) is 11.5 Å². The third-order valence-electron chi connectivity index (χ3n) is 7.28. The van der Waals surface area contributed by atoms with Gasteiger partial charge in [-0.25, -0.2) is 0 Å². The molecule has 0 aromatic rings. The zero-order chi connectivity index (χ0) is 19.7. The Kier molecular flexibility index (Phi) is 6.40. The standard InChI is InChI=1S/C22H38N2O2/c1-7-14(3)20-18(26-19(25)13-23)12-21(6,8-2)11-15(4)17-10-9-16(5)22(17,20)24/h8,14-15,17-18,20H,2,5,7,9-13,23-24H2,1,3-4,6H3/t14?,15-,17?,18+,20?,21-,22-/m0/s1. The Labute approximate surface area is 159 Å². The van der Waals surface area contributed by atoms with Crippen LogP contribution in [0.4, 0.5) is 0 Å². The molecule has 2 rings (SSSR count). The summed E-state index contributed by atoms with van der Waals surface area (Å²) in [7, 11) is 0. The van der Waals surface area contributed by atoms with Crippen molar-refractivity contribution in [3.63, 3.8) is 0 Å². The van der Waals surface area contributed by atoms with E-state index < -0.39 is 5.54 Å². The van der Waals surface area contributed by atoms with Crippen molar-refractivity contribution in [2.45, 2.75) is 71.4 Å². The second kappa shape index (κ2) is 7.85. The van der Waals surface area contributed by atoms with Crippen LogP contribution in [0.5, 0.6) is 0 Å². The molecule has 7 atom stereocenters. The number of hydrogen-bond donors (Lipinski definition) is 2. The van der Waals surface area contributed by atoms with Gasteiger partial charge in [0.15, 0.2) is 0 Å². The molecule has 2 aliphatic carbocycles. The molecule has 0 spiro atoms. The first-order valence-electron chi connectivity index (χ1n) is 10.1. The van der Waals surface area contributed by atoms with Crippen molar-refractivity contribution in [3.8, 4) is 0 Å². The molecule has 4 N–H and O–H groups in total. The number of fused-ring (bicyclic) bond motifs is 1. The Bertz CT molecular complexity index is 560. The fourth-order valence-electron chi connectivity index (χ4n) is 5.73. The van der Waals surface area contributed by atoms with Gasteiger partial charge in [0.2, 0.25) is 0 Å². The lowest BCUT2D eigenvalue weighted by molar-refractivity contribution is -0.157. The molecule has 3 unspecified atom stereocenters. The van der Waals surface area contributed by atoms with Crippen LogP contribution in [0.15, 0.2) is 24.8 Å². The minimum absolute atomic E-state index is 0.0463. The van der Waals surface area contributed by atoms with E-state index in [1.807, 2.05) is 6.08 Å². The van der Waals surface area contributed by atoms with Gasteiger partial charge in [-0.15, -0.1) is 6.58 Å². The summed E-state index contributed by atoms with van der Waals surface area (Å²) in [5.41, 5.74) is 13.3. The Hall–Kier alpha value is -1.13. The molecule has 0 saturated heterocycles.